The Morgan fingerprint density at radius 3 is 2.21 bits per heavy atom. The third-order valence-electron chi connectivity index (χ3n) is 3.38. The molecule has 1 aromatic carbocycles. The first-order valence-corrected chi connectivity index (χ1v) is 7.40. The van der Waals surface area contributed by atoms with Crippen molar-refractivity contribution in [3.8, 4) is 0 Å². The summed E-state index contributed by atoms with van der Waals surface area (Å²) in [5, 5.41) is 0. The molecule has 0 aliphatic heterocycles. The second-order valence-corrected chi connectivity index (χ2v) is 5.19. The van der Waals surface area contributed by atoms with Crippen molar-refractivity contribution in [3.05, 3.63) is 29.6 Å². The number of nitrogens with zero attached hydrogens (tertiary/aromatic N) is 1. The maximum absolute atomic E-state index is 13.4. The van der Waals surface area contributed by atoms with Crippen LogP contribution >= 0.6 is 0 Å². The third-order valence-corrected chi connectivity index (χ3v) is 3.38. The first kappa shape index (κ1) is 16.0. The summed E-state index contributed by atoms with van der Waals surface area (Å²) in [6.07, 6.45) is 4.63. The van der Waals surface area contributed by atoms with E-state index in [1.807, 2.05) is 13.0 Å². The van der Waals surface area contributed by atoms with E-state index >= 15 is 0 Å². The highest BCUT2D eigenvalue weighted by molar-refractivity contribution is 5.55. The van der Waals surface area contributed by atoms with E-state index in [0.29, 0.717) is 0 Å². The molecule has 0 saturated heterocycles. The summed E-state index contributed by atoms with van der Waals surface area (Å²) in [5.74, 6) is -0.206. The molecule has 0 spiro atoms. The molecular formula is C16H27FN2. The van der Waals surface area contributed by atoms with Crippen molar-refractivity contribution in [2.45, 2.75) is 52.5 Å². The van der Waals surface area contributed by atoms with Crippen molar-refractivity contribution in [2.75, 3.05) is 18.0 Å². The Morgan fingerprint density at radius 1 is 1.16 bits per heavy atom. The van der Waals surface area contributed by atoms with Gasteiger partial charge in [-0.3, -0.25) is 0 Å². The molecule has 0 radical (unpaired) electrons. The SMILES string of the molecule is CCCCN(CCCC)c1ccc(F)cc1C(C)N. The lowest BCUT2D eigenvalue weighted by Crippen LogP contribution is -2.27. The number of hydrogen-bond donors (Lipinski definition) is 1. The van der Waals surface area contributed by atoms with Crippen molar-refractivity contribution < 1.29 is 4.39 Å². The van der Waals surface area contributed by atoms with E-state index < -0.39 is 0 Å². The number of rotatable bonds is 8. The normalized spacial score (nSPS) is 12.5. The summed E-state index contributed by atoms with van der Waals surface area (Å²) in [4.78, 5) is 2.35. The van der Waals surface area contributed by atoms with Gasteiger partial charge in [0, 0.05) is 24.8 Å². The lowest BCUT2D eigenvalue weighted by molar-refractivity contribution is 0.619. The van der Waals surface area contributed by atoms with Crippen molar-refractivity contribution in [3.63, 3.8) is 0 Å². The van der Waals surface area contributed by atoms with Gasteiger partial charge >= 0.3 is 0 Å². The average Bonchev–Trinajstić information content (AvgIpc) is 2.39. The zero-order valence-electron chi connectivity index (χ0n) is 12.5. The van der Waals surface area contributed by atoms with Crippen LogP contribution in [0.3, 0.4) is 0 Å². The lowest BCUT2D eigenvalue weighted by atomic mass is 10.0. The van der Waals surface area contributed by atoms with Crippen LogP contribution in [0.5, 0.6) is 0 Å². The molecule has 0 aliphatic carbocycles. The molecule has 1 atom stereocenters. The van der Waals surface area contributed by atoms with Gasteiger partial charge in [-0.1, -0.05) is 26.7 Å². The molecular weight excluding hydrogens is 239 g/mol. The van der Waals surface area contributed by atoms with Gasteiger partial charge < -0.3 is 10.6 Å². The summed E-state index contributed by atoms with van der Waals surface area (Å²) in [6, 6.07) is 4.84. The monoisotopic (exact) mass is 266 g/mol. The Morgan fingerprint density at radius 2 is 1.74 bits per heavy atom. The molecule has 0 bridgehead atoms. The van der Waals surface area contributed by atoms with Crippen LogP contribution in [0.15, 0.2) is 18.2 Å². The van der Waals surface area contributed by atoms with Gasteiger partial charge in [-0.05, 0) is 43.5 Å². The fourth-order valence-electron chi connectivity index (χ4n) is 2.23. The highest BCUT2D eigenvalue weighted by atomic mass is 19.1. The Balaban J connectivity index is 2.98. The molecule has 19 heavy (non-hydrogen) atoms. The van der Waals surface area contributed by atoms with Crippen LogP contribution in [-0.4, -0.2) is 13.1 Å². The van der Waals surface area contributed by atoms with Gasteiger partial charge in [0.05, 0.1) is 0 Å². The predicted molar refractivity (Wildman–Crippen MR) is 81.0 cm³/mol. The molecule has 0 saturated carbocycles. The largest absolute Gasteiger partial charge is 0.371 e. The van der Waals surface area contributed by atoms with Crippen LogP contribution in [0.25, 0.3) is 0 Å². The third kappa shape index (κ3) is 4.83. The number of halogens is 1. The van der Waals surface area contributed by atoms with Crippen LogP contribution in [0, 0.1) is 5.82 Å². The molecule has 0 fully saturated rings. The van der Waals surface area contributed by atoms with Crippen molar-refractivity contribution in [2.24, 2.45) is 5.73 Å². The van der Waals surface area contributed by atoms with E-state index in [2.05, 4.69) is 18.7 Å². The molecule has 2 N–H and O–H groups in total. The molecule has 2 nitrogen and oxygen atoms in total. The maximum atomic E-state index is 13.4. The van der Waals surface area contributed by atoms with E-state index in [4.69, 9.17) is 5.73 Å². The van der Waals surface area contributed by atoms with Crippen LogP contribution in [0.1, 0.15) is 58.1 Å². The van der Waals surface area contributed by atoms with E-state index in [1.54, 1.807) is 6.07 Å². The van der Waals surface area contributed by atoms with Gasteiger partial charge in [-0.2, -0.15) is 0 Å². The second kappa shape index (κ2) is 8.16. The Hall–Kier alpha value is -1.09. The summed E-state index contributed by atoms with van der Waals surface area (Å²) in [7, 11) is 0. The molecule has 1 aromatic rings. The van der Waals surface area contributed by atoms with Gasteiger partial charge in [-0.25, -0.2) is 4.39 Å². The molecule has 3 heteroatoms. The molecule has 0 aliphatic rings. The summed E-state index contributed by atoms with van der Waals surface area (Å²) in [5.41, 5.74) is 7.99. The molecule has 1 unspecified atom stereocenters. The molecule has 1 rings (SSSR count). The fourth-order valence-corrected chi connectivity index (χ4v) is 2.23. The van der Waals surface area contributed by atoms with Crippen molar-refractivity contribution in [1.29, 1.82) is 0 Å². The minimum atomic E-state index is -0.206. The fraction of sp³-hybridized carbons (Fsp3) is 0.625. The van der Waals surface area contributed by atoms with E-state index in [0.717, 1.165) is 50.0 Å². The highest BCUT2D eigenvalue weighted by Crippen LogP contribution is 2.27. The van der Waals surface area contributed by atoms with Crippen LogP contribution < -0.4 is 10.6 Å². The zero-order chi connectivity index (χ0) is 14.3. The van der Waals surface area contributed by atoms with E-state index in [1.165, 1.54) is 6.07 Å². The molecule has 0 amide bonds. The van der Waals surface area contributed by atoms with E-state index in [-0.39, 0.29) is 11.9 Å². The first-order chi connectivity index (χ1) is 9.10. The Labute approximate surface area is 116 Å². The van der Waals surface area contributed by atoms with Crippen LogP contribution in [-0.2, 0) is 0 Å². The number of nitrogens with two attached hydrogens (primary N) is 1. The first-order valence-electron chi connectivity index (χ1n) is 7.40. The molecule has 108 valence electrons. The molecule has 0 heterocycles. The quantitative estimate of drug-likeness (QED) is 0.762. The van der Waals surface area contributed by atoms with Crippen LogP contribution in [0.2, 0.25) is 0 Å². The van der Waals surface area contributed by atoms with Gasteiger partial charge in [0.1, 0.15) is 5.82 Å². The predicted octanol–water partition coefficient (Wildman–Crippen LogP) is 4.25. The minimum absolute atomic E-state index is 0.142. The van der Waals surface area contributed by atoms with Crippen LogP contribution in [0.4, 0.5) is 10.1 Å². The molecule has 0 aromatic heterocycles. The van der Waals surface area contributed by atoms with Gasteiger partial charge in [0.25, 0.3) is 0 Å². The van der Waals surface area contributed by atoms with Crippen molar-refractivity contribution in [1.82, 2.24) is 0 Å². The highest BCUT2D eigenvalue weighted by Gasteiger charge is 2.14. The number of anilines is 1. The minimum Gasteiger partial charge on any atom is -0.371 e. The smallest absolute Gasteiger partial charge is 0.123 e. The van der Waals surface area contributed by atoms with Gasteiger partial charge in [0.15, 0.2) is 0 Å². The average molecular weight is 266 g/mol. The second-order valence-electron chi connectivity index (χ2n) is 5.19. The van der Waals surface area contributed by atoms with Gasteiger partial charge in [-0.15, -0.1) is 0 Å². The standard InChI is InChI=1S/C16H27FN2/c1-4-6-10-19(11-7-5-2)16-9-8-14(17)12-15(16)13(3)18/h8-9,12-13H,4-7,10-11,18H2,1-3H3. The lowest BCUT2D eigenvalue weighted by Gasteiger charge is -2.28. The topological polar surface area (TPSA) is 29.3 Å². The zero-order valence-corrected chi connectivity index (χ0v) is 12.5. The van der Waals surface area contributed by atoms with E-state index in [9.17, 15) is 4.39 Å². The maximum Gasteiger partial charge on any atom is 0.123 e. The number of benzene rings is 1. The summed E-state index contributed by atoms with van der Waals surface area (Å²) < 4.78 is 13.4. The Bertz CT molecular complexity index is 369. The number of unbranched alkanes of at least 4 members (excludes halogenated alkanes) is 2. The summed E-state index contributed by atoms with van der Waals surface area (Å²) in [6.45, 7) is 8.32. The van der Waals surface area contributed by atoms with Gasteiger partial charge in [0.2, 0.25) is 0 Å². The Kier molecular flexibility index (Phi) is 6.85. The summed E-state index contributed by atoms with van der Waals surface area (Å²) >= 11 is 0. The van der Waals surface area contributed by atoms with Crippen molar-refractivity contribution >= 4 is 5.69 Å². The number of hydrogen-bond acceptors (Lipinski definition) is 2.